The first-order chi connectivity index (χ1) is 14.3. The maximum atomic E-state index is 5.70. The summed E-state index contributed by atoms with van der Waals surface area (Å²) in [6.07, 6.45) is 22.6. The Bertz CT molecular complexity index is 495. The zero-order valence-electron chi connectivity index (χ0n) is 19.5. The Labute approximate surface area is 181 Å². The summed E-state index contributed by atoms with van der Waals surface area (Å²) in [6.45, 7) is 2.29. The van der Waals surface area contributed by atoms with Crippen molar-refractivity contribution in [3.05, 3.63) is 41.7 Å². The Balaban J connectivity index is 2.04. The third-order valence-electron chi connectivity index (χ3n) is 5.77. The fourth-order valence-electron chi connectivity index (χ4n) is 3.90. The smallest absolute Gasteiger partial charge is 0.125 e. The largest absolute Gasteiger partial charge is 0.498 e. The molecule has 1 aromatic rings. The number of unbranched alkanes of at least 4 members (excludes halogenated alkanes) is 13. The SMILES string of the molecule is CCCCCCCCCCCCCCCCC(OC)C(=Cc1ccccc1)OC. The van der Waals surface area contributed by atoms with Gasteiger partial charge in [0.05, 0.1) is 7.11 Å². The van der Waals surface area contributed by atoms with E-state index in [0.717, 1.165) is 17.7 Å². The predicted molar refractivity (Wildman–Crippen MR) is 127 cm³/mol. The van der Waals surface area contributed by atoms with Crippen LogP contribution in [0.2, 0.25) is 0 Å². The van der Waals surface area contributed by atoms with Crippen LogP contribution in [0.5, 0.6) is 0 Å². The number of ether oxygens (including phenoxy) is 2. The first kappa shape index (κ1) is 25.8. The maximum absolute atomic E-state index is 5.70. The molecule has 0 amide bonds. The van der Waals surface area contributed by atoms with E-state index in [0.29, 0.717) is 0 Å². The number of methoxy groups -OCH3 is 2. The Morgan fingerprint density at radius 3 is 1.66 bits per heavy atom. The lowest BCUT2D eigenvalue weighted by Gasteiger charge is -2.18. The highest BCUT2D eigenvalue weighted by Crippen LogP contribution is 2.19. The first-order valence-corrected chi connectivity index (χ1v) is 12.1. The van der Waals surface area contributed by atoms with Gasteiger partial charge in [-0.05, 0) is 18.1 Å². The van der Waals surface area contributed by atoms with E-state index in [9.17, 15) is 0 Å². The molecule has 1 unspecified atom stereocenters. The predicted octanol–water partition coefficient (Wildman–Crippen LogP) is 8.56. The summed E-state index contributed by atoms with van der Waals surface area (Å²) >= 11 is 0. The van der Waals surface area contributed by atoms with Gasteiger partial charge < -0.3 is 9.47 Å². The lowest BCUT2D eigenvalue weighted by Crippen LogP contribution is -2.15. The van der Waals surface area contributed by atoms with Crippen LogP contribution in [0.1, 0.15) is 109 Å². The molecule has 0 radical (unpaired) electrons. The molecule has 1 aromatic carbocycles. The van der Waals surface area contributed by atoms with Gasteiger partial charge in [-0.3, -0.25) is 0 Å². The maximum Gasteiger partial charge on any atom is 0.125 e. The molecule has 0 aromatic heterocycles. The highest BCUT2D eigenvalue weighted by atomic mass is 16.5. The molecule has 0 aliphatic rings. The molecule has 2 nitrogen and oxygen atoms in total. The molecular formula is C27H46O2. The molecule has 0 saturated heterocycles. The van der Waals surface area contributed by atoms with Crippen molar-refractivity contribution in [2.75, 3.05) is 14.2 Å². The summed E-state index contributed by atoms with van der Waals surface area (Å²) in [6, 6.07) is 10.3. The molecular weight excluding hydrogens is 356 g/mol. The van der Waals surface area contributed by atoms with E-state index in [1.807, 2.05) is 6.07 Å². The number of hydrogen-bond donors (Lipinski definition) is 0. The van der Waals surface area contributed by atoms with Gasteiger partial charge in [0.25, 0.3) is 0 Å². The van der Waals surface area contributed by atoms with Gasteiger partial charge in [0.1, 0.15) is 11.9 Å². The highest BCUT2D eigenvalue weighted by Gasteiger charge is 2.14. The molecule has 1 atom stereocenters. The fraction of sp³-hybridized carbons (Fsp3) is 0.704. The monoisotopic (exact) mass is 402 g/mol. The fourth-order valence-corrected chi connectivity index (χ4v) is 3.90. The second-order valence-corrected chi connectivity index (χ2v) is 8.27. The molecule has 166 valence electrons. The minimum absolute atomic E-state index is 0.0533. The summed E-state index contributed by atoms with van der Waals surface area (Å²) in [7, 11) is 3.53. The normalized spacial score (nSPS) is 12.9. The van der Waals surface area contributed by atoms with Crippen molar-refractivity contribution >= 4 is 6.08 Å². The third-order valence-corrected chi connectivity index (χ3v) is 5.77. The first-order valence-electron chi connectivity index (χ1n) is 12.1. The van der Waals surface area contributed by atoms with E-state index < -0.39 is 0 Å². The molecule has 1 rings (SSSR count). The third kappa shape index (κ3) is 13.5. The van der Waals surface area contributed by atoms with Crippen molar-refractivity contribution < 1.29 is 9.47 Å². The lowest BCUT2D eigenvalue weighted by molar-refractivity contribution is 0.0728. The summed E-state index contributed by atoms with van der Waals surface area (Å²) in [5, 5.41) is 0. The van der Waals surface area contributed by atoms with Gasteiger partial charge in [0, 0.05) is 7.11 Å². The van der Waals surface area contributed by atoms with Gasteiger partial charge in [-0.1, -0.05) is 127 Å². The zero-order chi connectivity index (χ0) is 21.0. The Morgan fingerprint density at radius 2 is 1.21 bits per heavy atom. The van der Waals surface area contributed by atoms with Crippen LogP contribution in [0.4, 0.5) is 0 Å². The Hall–Kier alpha value is -1.28. The number of hydrogen-bond acceptors (Lipinski definition) is 2. The van der Waals surface area contributed by atoms with Crippen molar-refractivity contribution in [2.24, 2.45) is 0 Å². The zero-order valence-corrected chi connectivity index (χ0v) is 19.5. The van der Waals surface area contributed by atoms with E-state index in [2.05, 4.69) is 37.3 Å². The Morgan fingerprint density at radius 1 is 0.724 bits per heavy atom. The van der Waals surface area contributed by atoms with Gasteiger partial charge in [-0.15, -0.1) is 0 Å². The van der Waals surface area contributed by atoms with E-state index in [1.165, 1.54) is 89.9 Å². The molecule has 0 heterocycles. The molecule has 0 spiro atoms. The standard InChI is InChI=1S/C27H46O2/c1-4-5-6-7-8-9-10-11-12-13-14-15-16-20-23-26(28-2)27(29-3)24-25-21-18-17-19-22-25/h17-19,21-22,24,26H,4-16,20,23H2,1-3H3. The van der Waals surface area contributed by atoms with E-state index in [1.54, 1.807) is 14.2 Å². The van der Waals surface area contributed by atoms with Crippen LogP contribution in [0.15, 0.2) is 36.1 Å². The second kappa shape index (κ2) is 18.7. The van der Waals surface area contributed by atoms with Crippen molar-refractivity contribution in [1.82, 2.24) is 0 Å². The van der Waals surface area contributed by atoms with Crippen molar-refractivity contribution in [2.45, 2.75) is 109 Å². The van der Waals surface area contributed by atoms with Crippen LogP contribution in [0, 0.1) is 0 Å². The lowest BCUT2D eigenvalue weighted by atomic mass is 10.0. The summed E-state index contributed by atoms with van der Waals surface area (Å²) in [5.41, 5.74) is 1.16. The molecule has 0 aliphatic heterocycles. The summed E-state index contributed by atoms with van der Waals surface area (Å²) in [4.78, 5) is 0. The molecule has 0 saturated carbocycles. The number of benzene rings is 1. The molecule has 29 heavy (non-hydrogen) atoms. The van der Waals surface area contributed by atoms with Crippen LogP contribution in [0.3, 0.4) is 0 Å². The van der Waals surface area contributed by atoms with Crippen LogP contribution in [-0.2, 0) is 9.47 Å². The van der Waals surface area contributed by atoms with E-state index in [4.69, 9.17) is 9.47 Å². The number of rotatable bonds is 19. The minimum Gasteiger partial charge on any atom is -0.498 e. The van der Waals surface area contributed by atoms with Crippen molar-refractivity contribution in [3.63, 3.8) is 0 Å². The highest BCUT2D eigenvalue weighted by molar-refractivity contribution is 5.51. The molecule has 0 N–H and O–H groups in total. The van der Waals surface area contributed by atoms with Crippen LogP contribution in [-0.4, -0.2) is 20.3 Å². The van der Waals surface area contributed by atoms with Crippen molar-refractivity contribution in [1.29, 1.82) is 0 Å². The molecule has 0 aliphatic carbocycles. The van der Waals surface area contributed by atoms with Gasteiger partial charge >= 0.3 is 0 Å². The van der Waals surface area contributed by atoms with Crippen LogP contribution >= 0.6 is 0 Å². The average Bonchev–Trinajstić information content (AvgIpc) is 2.76. The van der Waals surface area contributed by atoms with E-state index in [-0.39, 0.29) is 6.10 Å². The van der Waals surface area contributed by atoms with Gasteiger partial charge in [-0.25, -0.2) is 0 Å². The topological polar surface area (TPSA) is 18.5 Å². The van der Waals surface area contributed by atoms with E-state index >= 15 is 0 Å². The molecule has 0 bridgehead atoms. The Kier molecular flexibility index (Phi) is 16.6. The average molecular weight is 403 g/mol. The minimum atomic E-state index is 0.0533. The van der Waals surface area contributed by atoms with Gasteiger partial charge in [0.2, 0.25) is 0 Å². The summed E-state index contributed by atoms with van der Waals surface area (Å²) in [5.74, 6) is 0.924. The second-order valence-electron chi connectivity index (χ2n) is 8.27. The van der Waals surface area contributed by atoms with Crippen molar-refractivity contribution in [3.8, 4) is 0 Å². The molecule has 2 heteroatoms. The van der Waals surface area contributed by atoms with Gasteiger partial charge in [0.15, 0.2) is 0 Å². The quantitative estimate of drug-likeness (QED) is 0.170. The summed E-state index contributed by atoms with van der Waals surface area (Å²) < 4.78 is 11.3. The van der Waals surface area contributed by atoms with Crippen LogP contribution in [0.25, 0.3) is 6.08 Å². The van der Waals surface area contributed by atoms with Gasteiger partial charge in [-0.2, -0.15) is 0 Å². The molecule has 0 fully saturated rings. The van der Waals surface area contributed by atoms with Crippen LogP contribution < -0.4 is 0 Å².